The molecule has 1 heterocycles. The van der Waals surface area contributed by atoms with Gasteiger partial charge in [0.15, 0.2) is 8.68 Å². The third kappa shape index (κ3) is 2.06. The third-order valence-corrected chi connectivity index (χ3v) is 5.58. The van der Waals surface area contributed by atoms with Gasteiger partial charge in [-0.15, -0.1) is 0 Å². The van der Waals surface area contributed by atoms with Crippen LogP contribution in [0.4, 0.5) is 0 Å². The Morgan fingerprint density at radius 3 is 2.69 bits per heavy atom. The zero-order valence-electron chi connectivity index (χ0n) is 8.10. The SMILES string of the molecule is N#CC1(NS(=O)(=O)c2cnc(Cl)s2)CCC1. The van der Waals surface area contributed by atoms with Crippen LogP contribution >= 0.6 is 22.9 Å². The van der Waals surface area contributed by atoms with Crippen LogP contribution in [0.15, 0.2) is 10.4 Å². The molecule has 1 saturated carbocycles. The molecular weight excluding hydrogens is 270 g/mol. The van der Waals surface area contributed by atoms with Gasteiger partial charge in [-0.1, -0.05) is 22.9 Å². The molecule has 0 aliphatic heterocycles. The maximum Gasteiger partial charge on any atom is 0.253 e. The Morgan fingerprint density at radius 2 is 2.31 bits per heavy atom. The van der Waals surface area contributed by atoms with Crippen molar-refractivity contribution < 1.29 is 8.42 Å². The summed E-state index contributed by atoms with van der Waals surface area (Å²) in [6.45, 7) is 0. The molecule has 0 spiro atoms. The second-order valence-corrected chi connectivity index (χ2v) is 7.11. The van der Waals surface area contributed by atoms with Gasteiger partial charge in [-0.3, -0.25) is 0 Å². The van der Waals surface area contributed by atoms with Gasteiger partial charge in [0, 0.05) is 0 Å². The van der Waals surface area contributed by atoms with Crippen LogP contribution in [0.5, 0.6) is 0 Å². The molecule has 0 atom stereocenters. The Labute approximate surface area is 102 Å². The van der Waals surface area contributed by atoms with Gasteiger partial charge in [-0.25, -0.2) is 13.4 Å². The monoisotopic (exact) mass is 277 g/mol. The van der Waals surface area contributed by atoms with Gasteiger partial charge in [0.05, 0.1) is 12.3 Å². The van der Waals surface area contributed by atoms with Gasteiger partial charge in [-0.05, 0) is 19.3 Å². The van der Waals surface area contributed by atoms with E-state index in [0.717, 1.165) is 17.8 Å². The standard InChI is InChI=1S/C8H8ClN3O2S2/c9-7-11-4-6(15-7)16(13,14)12-8(5-10)2-1-3-8/h4,12H,1-3H2. The van der Waals surface area contributed by atoms with Crippen LogP contribution in [-0.4, -0.2) is 18.9 Å². The minimum Gasteiger partial charge on any atom is -0.232 e. The molecule has 1 aromatic rings. The number of hydrogen-bond donors (Lipinski definition) is 1. The first kappa shape index (κ1) is 11.8. The lowest BCUT2D eigenvalue weighted by atomic mass is 9.79. The van der Waals surface area contributed by atoms with Crippen molar-refractivity contribution in [3.8, 4) is 6.07 Å². The molecule has 1 aliphatic carbocycles. The number of rotatable bonds is 3. The molecule has 86 valence electrons. The maximum absolute atomic E-state index is 11.9. The van der Waals surface area contributed by atoms with Gasteiger partial charge < -0.3 is 0 Å². The van der Waals surface area contributed by atoms with E-state index in [-0.39, 0.29) is 8.68 Å². The summed E-state index contributed by atoms with van der Waals surface area (Å²) in [5.41, 5.74) is -0.935. The first-order valence-electron chi connectivity index (χ1n) is 4.54. The summed E-state index contributed by atoms with van der Waals surface area (Å²) < 4.78 is 26.3. The normalized spacial score (nSPS) is 18.8. The smallest absolute Gasteiger partial charge is 0.232 e. The van der Waals surface area contributed by atoms with E-state index in [4.69, 9.17) is 16.9 Å². The average molecular weight is 278 g/mol. The van der Waals surface area contributed by atoms with Gasteiger partial charge in [-0.2, -0.15) is 9.98 Å². The quantitative estimate of drug-likeness (QED) is 0.908. The summed E-state index contributed by atoms with van der Waals surface area (Å²) in [4.78, 5) is 3.66. The minimum atomic E-state index is -3.67. The number of nitrogens with one attached hydrogen (secondary N) is 1. The van der Waals surface area contributed by atoms with Crippen molar-refractivity contribution in [2.45, 2.75) is 29.0 Å². The number of halogens is 1. The molecule has 1 aliphatic rings. The highest BCUT2D eigenvalue weighted by molar-refractivity contribution is 7.91. The molecule has 0 bridgehead atoms. The Bertz CT molecular complexity index is 542. The summed E-state index contributed by atoms with van der Waals surface area (Å²) in [6, 6.07) is 2.01. The zero-order chi connectivity index (χ0) is 11.8. The molecule has 1 N–H and O–H groups in total. The summed E-state index contributed by atoms with van der Waals surface area (Å²) in [5.74, 6) is 0. The Balaban J connectivity index is 2.24. The Hall–Kier alpha value is -0.680. The number of nitrogens with zero attached hydrogens (tertiary/aromatic N) is 2. The van der Waals surface area contributed by atoms with Crippen LogP contribution in [0, 0.1) is 11.3 Å². The largest absolute Gasteiger partial charge is 0.253 e. The van der Waals surface area contributed by atoms with Crippen molar-refractivity contribution >= 4 is 33.0 Å². The highest BCUT2D eigenvalue weighted by Crippen LogP contribution is 2.33. The lowest BCUT2D eigenvalue weighted by Gasteiger charge is -2.34. The van der Waals surface area contributed by atoms with Crippen molar-refractivity contribution in [1.29, 1.82) is 5.26 Å². The molecule has 8 heteroatoms. The number of aromatic nitrogens is 1. The number of thiazole rings is 1. The van der Waals surface area contributed by atoms with Crippen LogP contribution < -0.4 is 4.72 Å². The molecule has 1 aromatic heterocycles. The van der Waals surface area contributed by atoms with Gasteiger partial charge in [0.2, 0.25) is 0 Å². The number of nitriles is 1. The topological polar surface area (TPSA) is 82.9 Å². The molecule has 2 rings (SSSR count). The van der Waals surface area contributed by atoms with Crippen molar-refractivity contribution in [3.63, 3.8) is 0 Å². The van der Waals surface area contributed by atoms with Crippen molar-refractivity contribution in [3.05, 3.63) is 10.7 Å². The molecule has 0 aromatic carbocycles. The lowest BCUT2D eigenvalue weighted by Crippen LogP contribution is -2.52. The first-order valence-corrected chi connectivity index (χ1v) is 7.22. The number of sulfonamides is 1. The van der Waals surface area contributed by atoms with Crippen LogP contribution in [0.1, 0.15) is 19.3 Å². The Morgan fingerprint density at radius 1 is 1.62 bits per heavy atom. The second kappa shape index (κ2) is 3.96. The molecule has 16 heavy (non-hydrogen) atoms. The highest BCUT2D eigenvalue weighted by atomic mass is 35.5. The van der Waals surface area contributed by atoms with E-state index in [1.165, 1.54) is 6.20 Å². The maximum atomic E-state index is 11.9. The van der Waals surface area contributed by atoms with E-state index in [0.29, 0.717) is 12.8 Å². The highest BCUT2D eigenvalue weighted by Gasteiger charge is 2.41. The summed E-state index contributed by atoms with van der Waals surface area (Å²) in [5, 5.41) is 8.94. The molecule has 0 saturated heterocycles. The summed E-state index contributed by atoms with van der Waals surface area (Å²) in [7, 11) is -3.67. The zero-order valence-corrected chi connectivity index (χ0v) is 10.5. The van der Waals surface area contributed by atoms with Crippen molar-refractivity contribution in [1.82, 2.24) is 9.71 Å². The fourth-order valence-electron chi connectivity index (χ4n) is 1.44. The van der Waals surface area contributed by atoms with Crippen molar-refractivity contribution in [2.24, 2.45) is 0 Å². The summed E-state index contributed by atoms with van der Waals surface area (Å²) in [6.07, 6.45) is 3.16. The van der Waals surface area contributed by atoms with Crippen LogP contribution in [-0.2, 0) is 10.0 Å². The van der Waals surface area contributed by atoms with Gasteiger partial charge >= 0.3 is 0 Å². The molecule has 0 unspecified atom stereocenters. The molecule has 5 nitrogen and oxygen atoms in total. The van der Waals surface area contributed by atoms with E-state index in [1.54, 1.807) is 0 Å². The first-order chi connectivity index (χ1) is 7.47. The second-order valence-electron chi connectivity index (χ2n) is 3.59. The molecule has 0 amide bonds. The molecular formula is C8H8ClN3O2S2. The van der Waals surface area contributed by atoms with E-state index in [1.807, 2.05) is 6.07 Å². The third-order valence-electron chi connectivity index (χ3n) is 2.47. The van der Waals surface area contributed by atoms with Crippen LogP contribution in [0.25, 0.3) is 0 Å². The number of hydrogen-bond acceptors (Lipinski definition) is 5. The predicted molar refractivity (Wildman–Crippen MR) is 59.6 cm³/mol. The Kier molecular flexibility index (Phi) is 2.92. The van der Waals surface area contributed by atoms with Crippen LogP contribution in [0.2, 0.25) is 4.47 Å². The van der Waals surface area contributed by atoms with Gasteiger partial charge in [0.1, 0.15) is 5.54 Å². The molecule has 1 fully saturated rings. The minimum absolute atomic E-state index is 0.0408. The van der Waals surface area contributed by atoms with E-state index >= 15 is 0 Å². The van der Waals surface area contributed by atoms with Crippen LogP contribution in [0.3, 0.4) is 0 Å². The van der Waals surface area contributed by atoms with E-state index < -0.39 is 15.6 Å². The van der Waals surface area contributed by atoms with E-state index in [9.17, 15) is 8.42 Å². The van der Waals surface area contributed by atoms with Gasteiger partial charge in [0.25, 0.3) is 10.0 Å². The fourth-order valence-corrected chi connectivity index (χ4v) is 4.11. The lowest BCUT2D eigenvalue weighted by molar-refractivity contribution is 0.296. The average Bonchev–Trinajstić information content (AvgIpc) is 2.59. The summed E-state index contributed by atoms with van der Waals surface area (Å²) >= 11 is 6.44. The fraction of sp³-hybridized carbons (Fsp3) is 0.500. The van der Waals surface area contributed by atoms with Crippen molar-refractivity contribution in [2.75, 3.05) is 0 Å². The van der Waals surface area contributed by atoms with E-state index in [2.05, 4.69) is 9.71 Å². The molecule has 0 radical (unpaired) electrons. The predicted octanol–water partition coefficient (Wildman–Crippen LogP) is 1.52.